The van der Waals surface area contributed by atoms with Gasteiger partial charge in [0.1, 0.15) is 12.4 Å². The van der Waals surface area contributed by atoms with Gasteiger partial charge >= 0.3 is 0 Å². The number of halogens is 2. The Morgan fingerprint density at radius 3 is 2.79 bits per heavy atom. The number of alkyl halides is 2. The fourth-order valence-electron chi connectivity index (χ4n) is 1.45. The minimum absolute atomic E-state index is 0.00745. The van der Waals surface area contributed by atoms with Crippen molar-refractivity contribution in [3.8, 4) is 17.6 Å². The zero-order chi connectivity index (χ0) is 14.1. The van der Waals surface area contributed by atoms with Gasteiger partial charge in [-0.15, -0.1) is 0 Å². The number of hydrogen-bond donors (Lipinski definition) is 1. The first-order valence-electron chi connectivity index (χ1n) is 5.80. The van der Waals surface area contributed by atoms with E-state index >= 15 is 0 Å². The second-order valence-electron chi connectivity index (χ2n) is 3.71. The van der Waals surface area contributed by atoms with Gasteiger partial charge in [0.25, 0.3) is 6.43 Å². The Bertz CT molecular complexity index is 450. The molecule has 1 aromatic rings. The van der Waals surface area contributed by atoms with Crippen molar-refractivity contribution in [3.63, 3.8) is 0 Å². The first-order valence-corrected chi connectivity index (χ1v) is 5.80. The maximum atomic E-state index is 12.0. The highest BCUT2D eigenvalue weighted by Crippen LogP contribution is 2.20. The molecule has 5 heteroatoms. The summed E-state index contributed by atoms with van der Waals surface area (Å²) in [7, 11) is 1.50. The lowest BCUT2D eigenvalue weighted by molar-refractivity contribution is 0.00932. The van der Waals surface area contributed by atoms with Gasteiger partial charge in [-0.3, -0.25) is 0 Å². The number of methoxy groups -OCH3 is 1. The lowest BCUT2D eigenvalue weighted by atomic mass is 10.1. The fraction of sp³-hybridized carbons (Fsp3) is 0.429. The van der Waals surface area contributed by atoms with Crippen molar-refractivity contribution in [3.05, 3.63) is 29.3 Å². The summed E-state index contributed by atoms with van der Waals surface area (Å²) in [6.07, 6.45) is -2.10. The second-order valence-corrected chi connectivity index (χ2v) is 3.71. The van der Waals surface area contributed by atoms with E-state index in [0.717, 1.165) is 5.56 Å². The molecule has 0 aromatic heterocycles. The summed E-state index contributed by atoms with van der Waals surface area (Å²) in [5, 5.41) is 8.64. The molecule has 0 fully saturated rings. The molecule has 1 rings (SSSR count). The van der Waals surface area contributed by atoms with Gasteiger partial charge in [0.05, 0.1) is 20.3 Å². The highest BCUT2D eigenvalue weighted by molar-refractivity contribution is 5.43. The van der Waals surface area contributed by atoms with Gasteiger partial charge in [0.15, 0.2) is 0 Å². The zero-order valence-corrected chi connectivity index (χ0v) is 10.7. The lowest BCUT2D eigenvalue weighted by Crippen LogP contribution is -2.05. The van der Waals surface area contributed by atoms with E-state index in [1.165, 1.54) is 7.11 Å². The Kier molecular flexibility index (Phi) is 6.86. The number of ether oxygens (including phenoxy) is 2. The van der Waals surface area contributed by atoms with Crippen LogP contribution in [0.25, 0.3) is 0 Å². The molecular formula is C14H16F2O3. The predicted molar refractivity (Wildman–Crippen MR) is 67.2 cm³/mol. The molecule has 1 N–H and O–H groups in total. The number of aliphatic hydroxyl groups excluding tert-OH is 1. The Balaban J connectivity index is 2.76. The Hall–Kier alpha value is -1.64. The van der Waals surface area contributed by atoms with Gasteiger partial charge in [0, 0.05) is 17.5 Å². The third-order valence-electron chi connectivity index (χ3n) is 2.25. The summed E-state index contributed by atoms with van der Waals surface area (Å²) < 4.78 is 34.0. The maximum absolute atomic E-state index is 12.0. The van der Waals surface area contributed by atoms with Gasteiger partial charge in [-0.2, -0.15) is 0 Å². The summed E-state index contributed by atoms with van der Waals surface area (Å²) in [4.78, 5) is 0. The van der Waals surface area contributed by atoms with E-state index in [-0.39, 0.29) is 13.2 Å². The van der Waals surface area contributed by atoms with Crippen LogP contribution in [0.15, 0.2) is 18.2 Å². The molecular weight excluding hydrogens is 254 g/mol. The van der Waals surface area contributed by atoms with Crippen molar-refractivity contribution in [2.45, 2.75) is 19.5 Å². The van der Waals surface area contributed by atoms with E-state index in [2.05, 4.69) is 11.8 Å². The van der Waals surface area contributed by atoms with Crippen LogP contribution in [0, 0.1) is 11.8 Å². The topological polar surface area (TPSA) is 38.7 Å². The first-order chi connectivity index (χ1) is 9.17. The van der Waals surface area contributed by atoms with Gasteiger partial charge in [-0.05, 0) is 18.2 Å². The quantitative estimate of drug-likeness (QED) is 0.805. The number of benzene rings is 1. The van der Waals surface area contributed by atoms with Crippen molar-refractivity contribution in [2.75, 3.05) is 20.3 Å². The standard InChI is InChI=1S/C14H16F2O3/c1-18-13-6-5-11(4-2-3-7-17)8-12(13)9-19-10-14(15)16/h5-6,8,14,17H,3,7,9-10H2,1H3. The number of aliphatic hydroxyl groups is 1. The van der Waals surface area contributed by atoms with Gasteiger partial charge in [0.2, 0.25) is 0 Å². The van der Waals surface area contributed by atoms with E-state index in [0.29, 0.717) is 17.7 Å². The molecule has 0 aliphatic heterocycles. The van der Waals surface area contributed by atoms with E-state index < -0.39 is 13.0 Å². The Morgan fingerprint density at radius 1 is 1.37 bits per heavy atom. The minimum atomic E-state index is -2.49. The summed E-state index contributed by atoms with van der Waals surface area (Å²) >= 11 is 0. The molecule has 0 radical (unpaired) electrons. The molecule has 1 aromatic carbocycles. The highest BCUT2D eigenvalue weighted by atomic mass is 19.3. The zero-order valence-electron chi connectivity index (χ0n) is 10.7. The molecule has 0 saturated carbocycles. The molecule has 104 valence electrons. The summed E-state index contributed by atoms with van der Waals surface area (Å²) in [6, 6.07) is 5.21. The first kappa shape index (κ1) is 15.4. The van der Waals surface area contributed by atoms with Crippen molar-refractivity contribution in [1.29, 1.82) is 0 Å². The third kappa shape index (κ3) is 5.69. The molecule has 0 bridgehead atoms. The van der Waals surface area contributed by atoms with Gasteiger partial charge in [-0.25, -0.2) is 8.78 Å². The van der Waals surface area contributed by atoms with E-state index in [1.807, 2.05) is 0 Å². The van der Waals surface area contributed by atoms with Crippen molar-refractivity contribution < 1.29 is 23.4 Å². The van der Waals surface area contributed by atoms with Crippen LogP contribution in [0.1, 0.15) is 17.5 Å². The van der Waals surface area contributed by atoms with Crippen LogP contribution < -0.4 is 4.74 Å². The average Bonchev–Trinajstić information content (AvgIpc) is 2.39. The number of hydrogen-bond acceptors (Lipinski definition) is 3. The van der Waals surface area contributed by atoms with Gasteiger partial charge < -0.3 is 14.6 Å². The molecule has 0 heterocycles. The largest absolute Gasteiger partial charge is 0.496 e. The molecule has 0 atom stereocenters. The van der Waals surface area contributed by atoms with E-state index in [4.69, 9.17) is 14.6 Å². The van der Waals surface area contributed by atoms with Crippen LogP contribution in [0.2, 0.25) is 0 Å². The summed E-state index contributed by atoms with van der Waals surface area (Å²) in [5.41, 5.74) is 1.39. The van der Waals surface area contributed by atoms with E-state index in [1.54, 1.807) is 18.2 Å². The molecule has 0 aliphatic rings. The molecule has 0 unspecified atom stereocenters. The molecule has 3 nitrogen and oxygen atoms in total. The highest BCUT2D eigenvalue weighted by Gasteiger charge is 2.07. The third-order valence-corrected chi connectivity index (χ3v) is 2.25. The van der Waals surface area contributed by atoms with Crippen molar-refractivity contribution >= 4 is 0 Å². The Morgan fingerprint density at radius 2 is 2.16 bits per heavy atom. The van der Waals surface area contributed by atoms with Crippen molar-refractivity contribution in [2.24, 2.45) is 0 Å². The van der Waals surface area contributed by atoms with Crippen molar-refractivity contribution in [1.82, 2.24) is 0 Å². The van der Waals surface area contributed by atoms with Crippen LogP contribution in [0.3, 0.4) is 0 Å². The predicted octanol–water partition coefficient (Wildman–Crippen LogP) is 2.21. The molecule has 19 heavy (non-hydrogen) atoms. The molecule has 0 spiro atoms. The fourth-order valence-corrected chi connectivity index (χ4v) is 1.45. The SMILES string of the molecule is COc1ccc(C#CCCO)cc1COCC(F)F. The minimum Gasteiger partial charge on any atom is -0.496 e. The average molecular weight is 270 g/mol. The summed E-state index contributed by atoms with van der Waals surface area (Å²) in [6.45, 7) is -0.555. The van der Waals surface area contributed by atoms with Gasteiger partial charge in [-0.1, -0.05) is 11.8 Å². The van der Waals surface area contributed by atoms with Crippen LogP contribution >= 0.6 is 0 Å². The van der Waals surface area contributed by atoms with E-state index in [9.17, 15) is 8.78 Å². The van der Waals surface area contributed by atoms with Crippen LogP contribution in [0.5, 0.6) is 5.75 Å². The lowest BCUT2D eigenvalue weighted by Gasteiger charge is -2.09. The normalized spacial score (nSPS) is 10.2. The smallest absolute Gasteiger partial charge is 0.261 e. The molecule has 0 amide bonds. The molecule has 0 aliphatic carbocycles. The van der Waals surface area contributed by atoms with Crippen LogP contribution in [0.4, 0.5) is 8.78 Å². The maximum Gasteiger partial charge on any atom is 0.261 e. The van der Waals surface area contributed by atoms with Crippen LogP contribution in [-0.2, 0) is 11.3 Å². The second kappa shape index (κ2) is 8.46. The summed E-state index contributed by atoms with van der Waals surface area (Å²) in [5.74, 6) is 6.23. The van der Waals surface area contributed by atoms with Crippen LogP contribution in [-0.4, -0.2) is 31.9 Å². The molecule has 0 saturated heterocycles. The monoisotopic (exact) mass is 270 g/mol. The number of rotatable bonds is 6. The Labute approximate surface area is 111 Å².